The molecule has 0 bridgehead atoms. The number of rotatable bonds is 4. The number of aromatic nitrogens is 3. The summed E-state index contributed by atoms with van der Waals surface area (Å²) in [5.41, 5.74) is 5.46. The summed E-state index contributed by atoms with van der Waals surface area (Å²) in [6.07, 6.45) is 6.18. The predicted molar refractivity (Wildman–Crippen MR) is 60.6 cm³/mol. The van der Waals surface area contributed by atoms with E-state index in [9.17, 15) is 0 Å². The summed E-state index contributed by atoms with van der Waals surface area (Å²) in [7, 11) is 0. The third kappa shape index (κ3) is 3.26. The molecule has 1 aromatic heterocycles. The van der Waals surface area contributed by atoms with Crippen molar-refractivity contribution in [2.75, 3.05) is 23.7 Å². The monoisotopic (exact) mass is 225 g/mol. The molecule has 0 atom stereocenters. The predicted octanol–water partition coefficient (Wildman–Crippen LogP) is 0.957. The van der Waals surface area contributed by atoms with Gasteiger partial charge in [0.25, 0.3) is 0 Å². The molecule has 1 aromatic rings. The van der Waals surface area contributed by atoms with Crippen molar-refractivity contribution in [3.05, 3.63) is 5.28 Å². The molecule has 0 unspecified atom stereocenters. The molecule has 0 saturated carbocycles. The first-order valence-corrected chi connectivity index (χ1v) is 4.90. The molecule has 1 rings (SSSR count). The van der Waals surface area contributed by atoms with Crippen molar-refractivity contribution in [3.63, 3.8) is 0 Å². The van der Waals surface area contributed by atoms with Gasteiger partial charge in [-0.05, 0) is 18.0 Å². The van der Waals surface area contributed by atoms with E-state index in [2.05, 4.69) is 20.9 Å². The van der Waals surface area contributed by atoms with Crippen molar-refractivity contribution in [2.45, 2.75) is 13.3 Å². The van der Waals surface area contributed by atoms with Crippen molar-refractivity contribution in [2.24, 2.45) is 0 Å². The van der Waals surface area contributed by atoms with Gasteiger partial charge in [-0.1, -0.05) is 12.8 Å². The first kappa shape index (κ1) is 11.5. The molecule has 2 N–H and O–H groups in total. The summed E-state index contributed by atoms with van der Waals surface area (Å²) < 4.78 is 0. The fourth-order valence-electron chi connectivity index (χ4n) is 1.13. The van der Waals surface area contributed by atoms with Gasteiger partial charge in [0, 0.05) is 6.54 Å². The van der Waals surface area contributed by atoms with E-state index in [0.717, 1.165) is 13.0 Å². The molecule has 0 spiro atoms. The number of halogens is 1. The van der Waals surface area contributed by atoms with Crippen LogP contribution in [0.25, 0.3) is 0 Å². The maximum Gasteiger partial charge on any atom is 0.232 e. The van der Waals surface area contributed by atoms with E-state index < -0.39 is 0 Å². The van der Waals surface area contributed by atoms with Gasteiger partial charge in [0.2, 0.25) is 17.2 Å². The highest BCUT2D eigenvalue weighted by Gasteiger charge is 2.09. The molecule has 0 aliphatic rings. The lowest BCUT2D eigenvalue weighted by Crippen LogP contribution is -2.27. The van der Waals surface area contributed by atoms with Crippen LogP contribution >= 0.6 is 11.6 Å². The Balaban J connectivity index is 2.95. The molecule has 0 aliphatic heterocycles. The maximum atomic E-state index is 5.67. The molecule has 15 heavy (non-hydrogen) atoms. The standard InChI is InChI=1S/C9H12ClN5/c1-3-5-15(6-4-2)9-13-7(10)12-8(11)14-9/h1H,4-6H2,2H3,(H2,11,12,13,14). The van der Waals surface area contributed by atoms with Crippen molar-refractivity contribution in [3.8, 4) is 12.3 Å². The van der Waals surface area contributed by atoms with Crippen LogP contribution in [0, 0.1) is 12.3 Å². The minimum atomic E-state index is 0.0793. The second-order valence-corrected chi connectivity index (χ2v) is 3.23. The van der Waals surface area contributed by atoms with Crippen molar-refractivity contribution in [1.82, 2.24) is 15.0 Å². The second-order valence-electron chi connectivity index (χ2n) is 2.89. The van der Waals surface area contributed by atoms with Gasteiger partial charge in [-0.25, -0.2) is 0 Å². The zero-order chi connectivity index (χ0) is 11.3. The van der Waals surface area contributed by atoms with Crippen LogP contribution in [-0.2, 0) is 0 Å². The van der Waals surface area contributed by atoms with Gasteiger partial charge < -0.3 is 10.6 Å². The average molecular weight is 226 g/mol. The maximum absolute atomic E-state index is 5.67. The summed E-state index contributed by atoms with van der Waals surface area (Å²) in [6.45, 7) is 3.22. The second kappa shape index (κ2) is 5.37. The molecule has 0 amide bonds. The topological polar surface area (TPSA) is 67.9 Å². The largest absolute Gasteiger partial charge is 0.368 e. The Morgan fingerprint density at radius 2 is 2.20 bits per heavy atom. The van der Waals surface area contributed by atoms with Crippen molar-refractivity contribution in [1.29, 1.82) is 0 Å². The Morgan fingerprint density at radius 1 is 1.47 bits per heavy atom. The first-order chi connectivity index (χ1) is 7.17. The molecule has 0 saturated heterocycles. The van der Waals surface area contributed by atoms with E-state index in [1.165, 1.54) is 0 Å². The van der Waals surface area contributed by atoms with E-state index >= 15 is 0 Å². The minimum Gasteiger partial charge on any atom is -0.368 e. The van der Waals surface area contributed by atoms with Crippen LogP contribution in [-0.4, -0.2) is 28.0 Å². The van der Waals surface area contributed by atoms with Gasteiger partial charge in [-0.2, -0.15) is 15.0 Å². The van der Waals surface area contributed by atoms with Crippen LogP contribution in [0.1, 0.15) is 13.3 Å². The van der Waals surface area contributed by atoms with Crippen LogP contribution in [0.15, 0.2) is 0 Å². The zero-order valence-corrected chi connectivity index (χ0v) is 9.20. The fourth-order valence-corrected chi connectivity index (χ4v) is 1.29. The SMILES string of the molecule is C#CCN(CCC)c1nc(N)nc(Cl)n1. The van der Waals surface area contributed by atoms with Crippen LogP contribution in [0.2, 0.25) is 5.28 Å². The van der Waals surface area contributed by atoms with Gasteiger partial charge in [-0.15, -0.1) is 6.42 Å². The lowest BCUT2D eigenvalue weighted by Gasteiger charge is -2.18. The molecular formula is C9H12ClN5. The number of hydrogen-bond donors (Lipinski definition) is 1. The number of nitrogen functional groups attached to an aromatic ring is 1. The number of hydrogen-bond acceptors (Lipinski definition) is 5. The number of terminal acetylenes is 1. The Morgan fingerprint density at radius 3 is 2.73 bits per heavy atom. The Kier molecular flexibility index (Phi) is 4.13. The molecule has 6 heteroatoms. The van der Waals surface area contributed by atoms with Crippen molar-refractivity contribution < 1.29 is 0 Å². The Bertz CT molecular complexity index is 353. The quantitative estimate of drug-likeness (QED) is 0.773. The van der Waals surface area contributed by atoms with E-state index in [0.29, 0.717) is 12.5 Å². The van der Waals surface area contributed by atoms with Crippen molar-refractivity contribution >= 4 is 23.5 Å². The number of nitrogens with two attached hydrogens (primary N) is 1. The summed E-state index contributed by atoms with van der Waals surface area (Å²) in [6, 6.07) is 0. The highest BCUT2D eigenvalue weighted by Crippen LogP contribution is 2.11. The summed E-state index contributed by atoms with van der Waals surface area (Å²) in [5.74, 6) is 3.06. The molecule has 80 valence electrons. The lowest BCUT2D eigenvalue weighted by atomic mass is 10.4. The fraction of sp³-hybridized carbons (Fsp3) is 0.444. The number of nitrogens with zero attached hydrogens (tertiary/aromatic N) is 4. The zero-order valence-electron chi connectivity index (χ0n) is 8.44. The van der Waals surface area contributed by atoms with Crippen LogP contribution < -0.4 is 10.6 Å². The molecule has 0 radical (unpaired) electrons. The summed E-state index contributed by atoms with van der Waals surface area (Å²) in [4.78, 5) is 13.4. The van der Waals surface area contributed by atoms with E-state index in [1.807, 2.05) is 11.8 Å². The van der Waals surface area contributed by atoms with Gasteiger partial charge in [0.15, 0.2) is 0 Å². The summed E-state index contributed by atoms with van der Waals surface area (Å²) >= 11 is 5.67. The molecular weight excluding hydrogens is 214 g/mol. The average Bonchev–Trinajstić information content (AvgIpc) is 2.16. The Labute approximate surface area is 93.7 Å². The highest BCUT2D eigenvalue weighted by molar-refractivity contribution is 6.28. The van der Waals surface area contributed by atoms with Crippen LogP contribution in [0.4, 0.5) is 11.9 Å². The molecule has 0 aliphatic carbocycles. The van der Waals surface area contributed by atoms with Crippen LogP contribution in [0.5, 0.6) is 0 Å². The molecule has 0 fully saturated rings. The third-order valence-electron chi connectivity index (χ3n) is 1.67. The minimum absolute atomic E-state index is 0.0793. The van der Waals surface area contributed by atoms with Gasteiger partial charge in [-0.3, -0.25) is 0 Å². The van der Waals surface area contributed by atoms with E-state index in [-0.39, 0.29) is 11.2 Å². The van der Waals surface area contributed by atoms with E-state index in [4.69, 9.17) is 23.8 Å². The molecule has 0 aromatic carbocycles. The normalized spacial score (nSPS) is 9.67. The van der Waals surface area contributed by atoms with Gasteiger partial charge >= 0.3 is 0 Å². The smallest absolute Gasteiger partial charge is 0.232 e. The molecule has 5 nitrogen and oxygen atoms in total. The van der Waals surface area contributed by atoms with E-state index in [1.54, 1.807) is 0 Å². The van der Waals surface area contributed by atoms with Gasteiger partial charge in [0.05, 0.1) is 6.54 Å². The Hall–Kier alpha value is -1.54. The number of anilines is 2. The van der Waals surface area contributed by atoms with Crippen LogP contribution in [0.3, 0.4) is 0 Å². The first-order valence-electron chi connectivity index (χ1n) is 4.52. The highest BCUT2D eigenvalue weighted by atomic mass is 35.5. The lowest BCUT2D eigenvalue weighted by molar-refractivity contribution is 0.786. The summed E-state index contributed by atoms with van der Waals surface area (Å²) in [5, 5.41) is 0.0793. The third-order valence-corrected chi connectivity index (χ3v) is 1.84. The molecule has 1 heterocycles. The van der Waals surface area contributed by atoms with Gasteiger partial charge in [0.1, 0.15) is 0 Å².